The number of rotatable bonds is 16. The van der Waals surface area contributed by atoms with Crippen molar-refractivity contribution in [2.45, 2.75) is 97.1 Å². The standard InChI is InChI=1S/C34H47F2N3O4/c1-4-14-39(15-5-2)34(43)27-17-23(3)16-26(21-27)33(42)38-30(20-25-18-28(35)22-29(36)19-25)31(40)12-13-37-32(41)11-10-24-8-6-7-9-24/h16-19,21-22,24,30-31,40H,4-15,20H2,1-3H3,(H,37,41)(H,38,42)/t30-,31+/m0/s1. The highest BCUT2D eigenvalue weighted by Gasteiger charge is 2.25. The van der Waals surface area contributed by atoms with E-state index in [0.29, 0.717) is 31.0 Å². The van der Waals surface area contributed by atoms with Crippen LogP contribution >= 0.6 is 0 Å². The van der Waals surface area contributed by atoms with Gasteiger partial charge in [-0.25, -0.2) is 8.78 Å². The molecule has 9 heteroatoms. The van der Waals surface area contributed by atoms with Crippen molar-refractivity contribution < 1.29 is 28.3 Å². The number of halogens is 2. The largest absolute Gasteiger partial charge is 0.391 e. The Bertz CT molecular complexity index is 1210. The number of carbonyl (C=O) groups is 3. The van der Waals surface area contributed by atoms with Gasteiger partial charge in [0.05, 0.1) is 12.1 Å². The van der Waals surface area contributed by atoms with Gasteiger partial charge < -0.3 is 20.6 Å². The molecule has 0 heterocycles. The van der Waals surface area contributed by atoms with Crippen LogP contribution in [0.5, 0.6) is 0 Å². The second kappa shape index (κ2) is 17.1. The highest BCUT2D eigenvalue weighted by atomic mass is 19.1. The topological polar surface area (TPSA) is 98.7 Å². The number of nitrogens with zero attached hydrogens (tertiary/aromatic N) is 1. The van der Waals surface area contributed by atoms with Crippen molar-refractivity contribution in [1.29, 1.82) is 0 Å². The minimum atomic E-state index is -1.11. The zero-order valence-electron chi connectivity index (χ0n) is 25.8. The van der Waals surface area contributed by atoms with Gasteiger partial charge in [-0.15, -0.1) is 0 Å². The summed E-state index contributed by atoms with van der Waals surface area (Å²) in [6, 6.07) is 7.14. The molecule has 1 aliphatic carbocycles. The molecule has 3 N–H and O–H groups in total. The molecule has 1 fully saturated rings. The summed E-state index contributed by atoms with van der Waals surface area (Å²) in [5.74, 6) is -1.66. The van der Waals surface area contributed by atoms with Gasteiger partial charge in [0.25, 0.3) is 11.8 Å². The Balaban J connectivity index is 1.72. The number of aliphatic hydroxyl groups is 1. The first kappa shape index (κ1) is 34.2. The highest BCUT2D eigenvalue weighted by Crippen LogP contribution is 2.28. The number of hydrogen-bond acceptors (Lipinski definition) is 4. The zero-order valence-corrected chi connectivity index (χ0v) is 25.8. The number of carbonyl (C=O) groups excluding carboxylic acids is 3. The van der Waals surface area contributed by atoms with E-state index in [0.717, 1.165) is 30.9 Å². The van der Waals surface area contributed by atoms with Crippen molar-refractivity contribution in [3.05, 3.63) is 70.3 Å². The molecule has 0 aliphatic heterocycles. The van der Waals surface area contributed by atoms with Gasteiger partial charge in [0.1, 0.15) is 11.6 Å². The third kappa shape index (κ3) is 11.0. The average molecular weight is 600 g/mol. The zero-order chi connectivity index (χ0) is 31.4. The molecule has 2 aromatic rings. The lowest BCUT2D eigenvalue weighted by molar-refractivity contribution is -0.121. The third-order valence-corrected chi connectivity index (χ3v) is 8.04. The Kier molecular flexibility index (Phi) is 13.6. The lowest BCUT2D eigenvalue weighted by atomic mass is 9.97. The molecule has 1 saturated carbocycles. The lowest BCUT2D eigenvalue weighted by Gasteiger charge is -2.25. The normalized spacial score (nSPS) is 14.7. The first-order valence-electron chi connectivity index (χ1n) is 15.7. The Morgan fingerprint density at radius 3 is 2.21 bits per heavy atom. The van der Waals surface area contributed by atoms with E-state index in [1.165, 1.54) is 37.8 Å². The highest BCUT2D eigenvalue weighted by molar-refractivity contribution is 6.00. The van der Waals surface area contributed by atoms with Gasteiger partial charge in [0.15, 0.2) is 0 Å². The molecular formula is C34H47F2N3O4. The minimum Gasteiger partial charge on any atom is -0.391 e. The third-order valence-electron chi connectivity index (χ3n) is 8.04. The Morgan fingerprint density at radius 2 is 1.58 bits per heavy atom. The van der Waals surface area contributed by atoms with E-state index in [4.69, 9.17) is 0 Å². The van der Waals surface area contributed by atoms with E-state index in [1.54, 1.807) is 30.0 Å². The van der Waals surface area contributed by atoms with Crippen LogP contribution in [-0.4, -0.2) is 59.5 Å². The molecule has 0 aromatic heterocycles. The van der Waals surface area contributed by atoms with E-state index in [-0.39, 0.29) is 42.3 Å². The monoisotopic (exact) mass is 599 g/mol. The van der Waals surface area contributed by atoms with Gasteiger partial charge in [-0.2, -0.15) is 0 Å². The fraction of sp³-hybridized carbons (Fsp3) is 0.559. The van der Waals surface area contributed by atoms with Crippen molar-refractivity contribution in [2.24, 2.45) is 5.92 Å². The fourth-order valence-corrected chi connectivity index (χ4v) is 5.88. The second-order valence-corrected chi connectivity index (χ2v) is 11.8. The molecule has 0 spiro atoms. The van der Waals surface area contributed by atoms with Crippen molar-refractivity contribution in [3.63, 3.8) is 0 Å². The molecule has 1 aliphatic rings. The number of aliphatic hydroxyl groups excluding tert-OH is 1. The maximum absolute atomic E-state index is 13.9. The smallest absolute Gasteiger partial charge is 0.253 e. The van der Waals surface area contributed by atoms with Gasteiger partial charge in [-0.05, 0) is 86.4 Å². The van der Waals surface area contributed by atoms with E-state index in [2.05, 4.69) is 10.6 Å². The summed E-state index contributed by atoms with van der Waals surface area (Å²) in [5.41, 5.74) is 1.65. The van der Waals surface area contributed by atoms with Gasteiger partial charge in [0.2, 0.25) is 5.91 Å². The van der Waals surface area contributed by atoms with Gasteiger partial charge in [-0.3, -0.25) is 14.4 Å². The van der Waals surface area contributed by atoms with E-state index < -0.39 is 29.7 Å². The first-order valence-corrected chi connectivity index (χ1v) is 15.7. The molecule has 3 amide bonds. The minimum absolute atomic E-state index is 0.0321. The quantitative estimate of drug-likeness (QED) is 0.230. The summed E-state index contributed by atoms with van der Waals surface area (Å²) in [6.45, 7) is 7.22. The van der Waals surface area contributed by atoms with Crippen LogP contribution in [0, 0.1) is 24.5 Å². The van der Waals surface area contributed by atoms with Crippen molar-refractivity contribution in [2.75, 3.05) is 19.6 Å². The molecule has 0 unspecified atom stereocenters. The average Bonchev–Trinajstić information content (AvgIpc) is 3.48. The molecule has 3 rings (SSSR count). The molecule has 0 bridgehead atoms. The van der Waals surface area contributed by atoms with Crippen LogP contribution in [0.4, 0.5) is 8.78 Å². The van der Waals surface area contributed by atoms with Crippen LogP contribution in [0.3, 0.4) is 0 Å². The van der Waals surface area contributed by atoms with Crippen LogP contribution in [0.2, 0.25) is 0 Å². The Morgan fingerprint density at radius 1 is 0.953 bits per heavy atom. The van der Waals surface area contributed by atoms with Crippen molar-refractivity contribution in [3.8, 4) is 0 Å². The number of aryl methyl sites for hydroxylation is 1. The molecule has 7 nitrogen and oxygen atoms in total. The maximum Gasteiger partial charge on any atom is 0.253 e. The fourth-order valence-electron chi connectivity index (χ4n) is 5.88. The summed E-state index contributed by atoms with van der Waals surface area (Å²) < 4.78 is 27.9. The first-order chi connectivity index (χ1) is 20.6. The Hall–Kier alpha value is -3.33. The predicted octanol–water partition coefficient (Wildman–Crippen LogP) is 5.71. The van der Waals surface area contributed by atoms with Crippen LogP contribution in [0.1, 0.15) is 103 Å². The van der Waals surface area contributed by atoms with Crippen molar-refractivity contribution in [1.82, 2.24) is 15.5 Å². The predicted molar refractivity (Wildman–Crippen MR) is 164 cm³/mol. The van der Waals surface area contributed by atoms with Gasteiger partial charge in [-0.1, -0.05) is 39.5 Å². The number of benzene rings is 2. The second-order valence-electron chi connectivity index (χ2n) is 11.8. The number of amides is 3. The molecule has 43 heavy (non-hydrogen) atoms. The molecule has 236 valence electrons. The molecule has 2 atom stereocenters. The van der Waals surface area contributed by atoms with Crippen LogP contribution in [0.25, 0.3) is 0 Å². The summed E-state index contributed by atoms with van der Waals surface area (Å²) in [5, 5.41) is 16.8. The summed E-state index contributed by atoms with van der Waals surface area (Å²) in [4.78, 5) is 40.8. The van der Waals surface area contributed by atoms with E-state index >= 15 is 0 Å². The molecule has 0 radical (unpaired) electrons. The SMILES string of the molecule is CCCN(CCC)C(=O)c1cc(C)cc(C(=O)N[C@@H](Cc2cc(F)cc(F)c2)[C@H](O)CCNC(=O)CCC2CCCC2)c1. The number of nitrogens with one attached hydrogen (secondary N) is 2. The Labute approximate surface area is 254 Å². The van der Waals surface area contributed by atoms with Gasteiger partial charge >= 0.3 is 0 Å². The molecular weight excluding hydrogens is 552 g/mol. The lowest BCUT2D eigenvalue weighted by Crippen LogP contribution is -2.46. The number of hydrogen-bond donors (Lipinski definition) is 3. The summed E-state index contributed by atoms with van der Waals surface area (Å²) >= 11 is 0. The summed E-state index contributed by atoms with van der Waals surface area (Å²) in [6.07, 6.45) is 6.68. The molecule has 0 saturated heterocycles. The molecule has 2 aromatic carbocycles. The van der Waals surface area contributed by atoms with Crippen LogP contribution in [-0.2, 0) is 11.2 Å². The summed E-state index contributed by atoms with van der Waals surface area (Å²) in [7, 11) is 0. The van der Waals surface area contributed by atoms with E-state index in [9.17, 15) is 28.3 Å². The van der Waals surface area contributed by atoms with E-state index in [1.807, 2.05) is 13.8 Å². The van der Waals surface area contributed by atoms with Crippen LogP contribution in [0.15, 0.2) is 36.4 Å². The van der Waals surface area contributed by atoms with Crippen LogP contribution < -0.4 is 10.6 Å². The van der Waals surface area contributed by atoms with Crippen molar-refractivity contribution >= 4 is 17.7 Å². The maximum atomic E-state index is 13.9. The van der Waals surface area contributed by atoms with Gasteiger partial charge in [0, 0.05) is 43.2 Å².